The predicted molar refractivity (Wildman–Crippen MR) is 97.7 cm³/mol. The number of piperazine rings is 1. The number of benzene rings is 1. The van der Waals surface area contributed by atoms with Gasteiger partial charge in [0.05, 0.1) is 11.8 Å². The molecule has 1 aliphatic heterocycles. The zero-order valence-corrected chi connectivity index (χ0v) is 15.5. The van der Waals surface area contributed by atoms with Crippen LogP contribution in [-0.4, -0.2) is 67.7 Å². The monoisotopic (exact) mass is 352 g/mol. The molecule has 7 heteroatoms. The third-order valence-corrected chi connectivity index (χ3v) is 4.07. The predicted octanol–water partition coefficient (Wildman–Crippen LogP) is 2.37. The normalized spacial score (nSPS) is 17.4. The summed E-state index contributed by atoms with van der Waals surface area (Å²) in [5, 5.41) is 5.42. The summed E-state index contributed by atoms with van der Waals surface area (Å²) in [6, 6.07) is 4.01. The molecule has 25 heavy (non-hydrogen) atoms. The molecule has 1 aromatic carbocycles. The van der Waals surface area contributed by atoms with Gasteiger partial charge in [-0.1, -0.05) is 0 Å². The van der Waals surface area contributed by atoms with E-state index in [0.717, 1.165) is 32.7 Å². The van der Waals surface area contributed by atoms with E-state index in [2.05, 4.69) is 27.5 Å². The highest BCUT2D eigenvalue weighted by Crippen LogP contribution is 2.21. The third-order valence-electron chi connectivity index (χ3n) is 4.07. The largest absolute Gasteiger partial charge is 0.491 e. The maximum atomic E-state index is 14.1. The SMILES string of the molecule is CC(C)Oc1ccc(NC(=O)N[C@H](C)CN2CCN(C)CC2)c(F)c1. The quantitative estimate of drug-likeness (QED) is 0.825. The number of hydrogen-bond acceptors (Lipinski definition) is 4. The molecular formula is C18H29FN4O2. The summed E-state index contributed by atoms with van der Waals surface area (Å²) in [6.07, 6.45) is -0.0306. The number of carbonyl (C=O) groups is 1. The molecule has 0 bridgehead atoms. The lowest BCUT2D eigenvalue weighted by Gasteiger charge is -2.34. The smallest absolute Gasteiger partial charge is 0.319 e. The van der Waals surface area contributed by atoms with Crippen LogP contribution in [0.5, 0.6) is 5.75 Å². The zero-order chi connectivity index (χ0) is 18.4. The zero-order valence-electron chi connectivity index (χ0n) is 15.5. The fraction of sp³-hybridized carbons (Fsp3) is 0.611. The van der Waals surface area contributed by atoms with E-state index in [1.807, 2.05) is 20.8 Å². The van der Waals surface area contributed by atoms with E-state index in [1.54, 1.807) is 6.07 Å². The molecule has 1 atom stereocenters. The summed E-state index contributed by atoms with van der Waals surface area (Å²) in [7, 11) is 2.11. The summed E-state index contributed by atoms with van der Waals surface area (Å²) in [5.74, 6) is -0.0677. The molecule has 2 rings (SSSR count). The van der Waals surface area contributed by atoms with Crippen LogP contribution in [0.25, 0.3) is 0 Å². The highest BCUT2D eigenvalue weighted by atomic mass is 19.1. The topological polar surface area (TPSA) is 56.8 Å². The Kier molecular flexibility index (Phi) is 7.01. The van der Waals surface area contributed by atoms with Gasteiger partial charge in [-0.3, -0.25) is 4.90 Å². The molecule has 1 fully saturated rings. The minimum atomic E-state index is -0.514. The van der Waals surface area contributed by atoms with Gasteiger partial charge in [-0.15, -0.1) is 0 Å². The molecule has 1 aromatic rings. The Bertz CT molecular complexity index is 574. The Morgan fingerprint density at radius 1 is 1.24 bits per heavy atom. The minimum Gasteiger partial charge on any atom is -0.491 e. The molecule has 1 heterocycles. The first kappa shape index (κ1) is 19.5. The Balaban J connectivity index is 1.81. The van der Waals surface area contributed by atoms with Crippen LogP contribution in [0, 0.1) is 5.82 Å². The van der Waals surface area contributed by atoms with Crippen molar-refractivity contribution in [3.63, 3.8) is 0 Å². The number of urea groups is 1. The van der Waals surface area contributed by atoms with Crippen molar-refractivity contribution in [3.05, 3.63) is 24.0 Å². The Morgan fingerprint density at radius 2 is 1.92 bits per heavy atom. The molecule has 0 unspecified atom stereocenters. The van der Waals surface area contributed by atoms with Crippen molar-refractivity contribution in [3.8, 4) is 5.75 Å². The highest BCUT2D eigenvalue weighted by Gasteiger charge is 2.17. The van der Waals surface area contributed by atoms with Crippen LogP contribution in [0.4, 0.5) is 14.9 Å². The molecule has 0 aliphatic carbocycles. The number of carbonyl (C=O) groups excluding carboxylic acids is 1. The molecule has 140 valence electrons. The number of nitrogens with one attached hydrogen (secondary N) is 2. The van der Waals surface area contributed by atoms with E-state index >= 15 is 0 Å². The first-order chi connectivity index (χ1) is 11.8. The van der Waals surface area contributed by atoms with Crippen molar-refractivity contribution in [1.29, 1.82) is 0 Å². The second-order valence-electron chi connectivity index (χ2n) is 6.91. The standard InChI is InChI=1S/C18H29FN4O2/c1-13(2)25-15-5-6-17(16(19)11-15)21-18(24)20-14(3)12-23-9-7-22(4)8-10-23/h5-6,11,13-14H,7-10,12H2,1-4H3,(H2,20,21,24)/t14-/m1/s1. The van der Waals surface area contributed by atoms with Gasteiger partial charge in [0.1, 0.15) is 11.6 Å². The van der Waals surface area contributed by atoms with E-state index in [0.29, 0.717) is 5.75 Å². The van der Waals surface area contributed by atoms with Gasteiger partial charge >= 0.3 is 6.03 Å². The summed E-state index contributed by atoms with van der Waals surface area (Å²) < 4.78 is 19.5. The number of hydrogen-bond donors (Lipinski definition) is 2. The van der Waals surface area contributed by atoms with E-state index in [9.17, 15) is 9.18 Å². The molecule has 0 saturated carbocycles. The number of anilines is 1. The summed E-state index contributed by atoms with van der Waals surface area (Å²) >= 11 is 0. The first-order valence-electron chi connectivity index (χ1n) is 8.78. The number of likely N-dealkylation sites (N-methyl/N-ethyl adjacent to an activating group) is 1. The van der Waals surface area contributed by atoms with Gasteiger partial charge < -0.3 is 20.3 Å². The maximum Gasteiger partial charge on any atom is 0.319 e. The lowest BCUT2D eigenvalue weighted by Crippen LogP contribution is -2.50. The second-order valence-corrected chi connectivity index (χ2v) is 6.91. The molecule has 0 spiro atoms. The average Bonchev–Trinajstić information content (AvgIpc) is 2.51. The van der Waals surface area contributed by atoms with E-state index < -0.39 is 11.8 Å². The van der Waals surface area contributed by atoms with Crippen LogP contribution in [0.15, 0.2) is 18.2 Å². The van der Waals surface area contributed by atoms with Gasteiger partial charge in [-0.05, 0) is 40.0 Å². The fourth-order valence-corrected chi connectivity index (χ4v) is 2.79. The minimum absolute atomic E-state index is 0.0185. The summed E-state index contributed by atoms with van der Waals surface area (Å²) in [6.45, 7) is 10.5. The van der Waals surface area contributed by atoms with Crippen LogP contribution in [-0.2, 0) is 0 Å². The lowest BCUT2D eigenvalue weighted by atomic mass is 10.2. The van der Waals surface area contributed by atoms with Crippen molar-refractivity contribution in [1.82, 2.24) is 15.1 Å². The van der Waals surface area contributed by atoms with Gasteiger partial charge in [0, 0.05) is 44.8 Å². The highest BCUT2D eigenvalue weighted by molar-refractivity contribution is 5.89. The molecule has 1 aliphatic rings. The van der Waals surface area contributed by atoms with Gasteiger partial charge in [-0.2, -0.15) is 0 Å². The van der Waals surface area contributed by atoms with Crippen LogP contribution >= 0.6 is 0 Å². The van der Waals surface area contributed by atoms with E-state index in [4.69, 9.17) is 4.74 Å². The van der Waals surface area contributed by atoms with Crippen LogP contribution in [0.1, 0.15) is 20.8 Å². The fourth-order valence-electron chi connectivity index (χ4n) is 2.79. The van der Waals surface area contributed by atoms with Crippen LogP contribution in [0.2, 0.25) is 0 Å². The molecular weight excluding hydrogens is 323 g/mol. The van der Waals surface area contributed by atoms with Crippen molar-refractivity contribution in [2.75, 3.05) is 45.1 Å². The van der Waals surface area contributed by atoms with Crippen molar-refractivity contribution in [2.45, 2.75) is 32.9 Å². The average molecular weight is 352 g/mol. The second kappa shape index (κ2) is 9.01. The molecule has 0 aromatic heterocycles. The van der Waals surface area contributed by atoms with Crippen molar-refractivity contribution in [2.24, 2.45) is 0 Å². The Hall–Kier alpha value is -1.86. The number of amides is 2. The number of ether oxygens (including phenoxy) is 1. The van der Waals surface area contributed by atoms with Gasteiger partial charge in [-0.25, -0.2) is 9.18 Å². The summed E-state index contributed by atoms with van der Waals surface area (Å²) in [5.41, 5.74) is 0.139. The van der Waals surface area contributed by atoms with Crippen LogP contribution < -0.4 is 15.4 Å². The molecule has 2 N–H and O–H groups in total. The van der Waals surface area contributed by atoms with E-state index in [1.165, 1.54) is 12.1 Å². The molecule has 6 nitrogen and oxygen atoms in total. The van der Waals surface area contributed by atoms with Crippen molar-refractivity contribution < 1.29 is 13.9 Å². The maximum absolute atomic E-state index is 14.1. The Morgan fingerprint density at radius 3 is 2.52 bits per heavy atom. The molecule has 2 amide bonds. The van der Waals surface area contributed by atoms with Gasteiger partial charge in [0.15, 0.2) is 0 Å². The third kappa shape index (κ3) is 6.51. The summed E-state index contributed by atoms with van der Waals surface area (Å²) in [4.78, 5) is 16.7. The lowest BCUT2D eigenvalue weighted by molar-refractivity contribution is 0.145. The number of halogens is 1. The number of rotatable bonds is 6. The number of nitrogens with zero attached hydrogens (tertiary/aromatic N) is 2. The first-order valence-corrected chi connectivity index (χ1v) is 8.78. The van der Waals surface area contributed by atoms with Crippen molar-refractivity contribution >= 4 is 11.7 Å². The van der Waals surface area contributed by atoms with Gasteiger partial charge in [0.2, 0.25) is 0 Å². The van der Waals surface area contributed by atoms with Crippen LogP contribution in [0.3, 0.4) is 0 Å². The molecule has 0 radical (unpaired) electrons. The Labute approximate surface area is 149 Å². The van der Waals surface area contributed by atoms with E-state index in [-0.39, 0.29) is 17.8 Å². The van der Waals surface area contributed by atoms with Gasteiger partial charge in [0.25, 0.3) is 0 Å². The molecule has 1 saturated heterocycles.